The number of hydrogen-bond acceptors (Lipinski definition) is 2. The van der Waals surface area contributed by atoms with E-state index in [0.29, 0.717) is 12.1 Å². The van der Waals surface area contributed by atoms with Gasteiger partial charge in [-0.1, -0.05) is 34.1 Å². The average Bonchev–Trinajstić information content (AvgIpc) is 2.45. The molecule has 0 aromatic heterocycles. The number of ether oxygens (including phenoxy) is 1. The van der Waals surface area contributed by atoms with Crippen molar-refractivity contribution in [2.24, 2.45) is 0 Å². The zero-order valence-corrected chi connectivity index (χ0v) is 13.1. The molecule has 0 saturated carbocycles. The van der Waals surface area contributed by atoms with Crippen LogP contribution in [0.3, 0.4) is 0 Å². The molecule has 2 nitrogen and oxygen atoms in total. The fourth-order valence-electron chi connectivity index (χ4n) is 2.08. The highest BCUT2D eigenvalue weighted by Gasteiger charge is 2.11. The van der Waals surface area contributed by atoms with Crippen LogP contribution in [0, 0.1) is 5.82 Å². The maximum absolute atomic E-state index is 13.7. The first-order valence-electron chi connectivity index (χ1n) is 6.42. The molecule has 4 heteroatoms. The van der Waals surface area contributed by atoms with Gasteiger partial charge in [0.25, 0.3) is 0 Å². The van der Waals surface area contributed by atoms with E-state index in [9.17, 15) is 4.39 Å². The smallest absolute Gasteiger partial charge is 0.127 e. The Balaban J connectivity index is 2.09. The van der Waals surface area contributed by atoms with Gasteiger partial charge in [-0.15, -0.1) is 0 Å². The van der Waals surface area contributed by atoms with Crippen LogP contribution in [0.5, 0.6) is 5.75 Å². The predicted octanol–water partition coefficient (Wildman–Crippen LogP) is 4.45. The van der Waals surface area contributed by atoms with Gasteiger partial charge in [0, 0.05) is 28.2 Å². The van der Waals surface area contributed by atoms with Crippen LogP contribution in [-0.4, -0.2) is 7.11 Å². The molecule has 0 aliphatic carbocycles. The van der Waals surface area contributed by atoms with Gasteiger partial charge in [0.1, 0.15) is 11.6 Å². The van der Waals surface area contributed by atoms with E-state index in [2.05, 4.69) is 21.2 Å². The zero-order chi connectivity index (χ0) is 14.5. The van der Waals surface area contributed by atoms with Crippen molar-refractivity contribution in [2.45, 2.75) is 19.5 Å². The molecule has 0 radical (unpaired) electrons. The highest BCUT2D eigenvalue weighted by atomic mass is 79.9. The number of benzene rings is 2. The second kappa shape index (κ2) is 6.86. The largest absolute Gasteiger partial charge is 0.496 e. The van der Waals surface area contributed by atoms with Crippen LogP contribution in [-0.2, 0) is 6.54 Å². The topological polar surface area (TPSA) is 21.3 Å². The quantitative estimate of drug-likeness (QED) is 0.870. The molecule has 0 unspecified atom stereocenters. The van der Waals surface area contributed by atoms with Gasteiger partial charge in [-0.2, -0.15) is 0 Å². The highest BCUT2D eigenvalue weighted by Crippen LogP contribution is 2.24. The van der Waals surface area contributed by atoms with E-state index < -0.39 is 0 Å². The number of nitrogens with one attached hydrogen (secondary N) is 1. The predicted molar refractivity (Wildman–Crippen MR) is 82.3 cm³/mol. The molecule has 0 aliphatic heterocycles. The fourth-order valence-corrected chi connectivity index (χ4v) is 2.49. The van der Waals surface area contributed by atoms with E-state index in [1.165, 1.54) is 6.07 Å². The summed E-state index contributed by atoms with van der Waals surface area (Å²) < 4.78 is 20.0. The van der Waals surface area contributed by atoms with Crippen LogP contribution in [0.15, 0.2) is 46.9 Å². The molecule has 20 heavy (non-hydrogen) atoms. The first-order chi connectivity index (χ1) is 9.61. The molecule has 0 bridgehead atoms. The highest BCUT2D eigenvalue weighted by molar-refractivity contribution is 9.10. The standard InChI is InChI=1S/C16H17BrFNO/c1-11(14-5-3-4-6-15(14)18)19-10-12-9-13(17)7-8-16(12)20-2/h3-9,11,19H,10H2,1-2H3/t11-/m1/s1. The number of rotatable bonds is 5. The molecule has 106 valence electrons. The monoisotopic (exact) mass is 337 g/mol. The van der Waals surface area contributed by atoms with Gasteiger partial charge in [0.15, 0.2) is 0 Å². The molecule has 0 heterocycles. The number of halogens is 2. The lowest BCUT2D eigenvalue weighted by Gasteiger charge is -2.16. The van der Waals surface area contributed by atoms with E-state index in [1.54, 1.807) is 19.2 Å². The summed E-state index contributed by atoms with van der Waals surface area (Å²) in [6.45, 7) is 2.56. The van der Waals surface area contributed by atoms with Crippen molar-refractivity contribution in [3.63, 3.8) is 0 Å². The Hall–Kier alpha value is -1.39. The van der Waals surface area contributed by atoms with Crippen LogP contribution in [0.2, 0.25) is 0 Å². The van der Waals surface area contributed by atoms with Crippen molar-refractivity contribution in [1.29, 1.82) is 0 Å². The van der Waals surface area contributed by atoms with Gasteiger partial charge in [-0.05, 0) is 31.2 Å². The van der Waals surface area contributed by atoms with E-state index in [0.717, 1.165) is 15.8 Å². The van der Waals surface area contributed by atoms with E-state index in [-0.39, 0.29) is 11.9 Å². The van der Waals surface area contributed by atoms with Gasteiger partial charge >= 0.3 is 0 Å². The van der Waals surface area contributed by atoms with Gasteiger partial charge in [-0.25, -0.2) is 4.39 Å². The molecule has 1 N–H and O–H groups in total. The third kappa shape index (κ3) is 3.58. The average molecular weight is 338 g/mol. The Morgan fingerprint density at radius 2 is 2.00 bits per heavy atom. The molecular weight excluding hydrogens is 321 g/mol. The van der Waals surface area contributed by atoms with Crippen molar-refractivity contribution >= 4 is 15.9 Å². The van der Waals surface area contributed by atoms with Crippen molar-refractivity contribution in [2.75, 3.05) is 7.11 Å². The summed E-state index contributed by atoms with van der Waals surface area (Å²) in [5, 5.41) is 3.32. The normalized spacial score (nSPS) is 12.2. The molecule has 0 aliphatic rings. The molecule has 2 rings (SSSR count). The van der Waals surface area contributed by atoms with Crippen molar-refractivity contribution in [1.82, 2.24) is 5.32 Å². The maximum atomic E-state index is 13.7. The molecule has 2 aromatic rings. The Morgan fingerprint density at radius 3 is 2.70 bits per heavy atom. The SMILES string of the molecule is COc1ccc(Br)cc1CN[C@H](C)c1ccccc1F. The molecule has 0 amide bonds. The van der Waals surface area contributed by atoms with Gasteiger partial charge < -0.3 is 10.1 Å². The summed E-state index contributed by atoms with van der Waals surface area (Å²) in [7, 11) is 1.65. The summed E-state index contributed by atoms with van der Waals surface area (Å²) in [6.07, 6.45) is 0. The van der Waals surface area contributed by atoms with Crippen LogP contribution in [0.4, 0.5) is 4.39 Å². The summed E-state index contributed by atoms with van der Waals surface area (Å²) >= 11 is 3.45. The third-order valence-electron chi connectivity index (χ3n) is 3.21. The number of methoxy groups -OCH3 is 1. The van der Waals surface area contributed by atoms with Gasteiger partial charge in [0.2, 0.25) is 0 Å². The van der Waals surface area contributed by atoms with Crippen LogP contribution in [0.25, 0.3) is 0 Å². The number of hydrogen-bond donors (Lipinski definition) is 1. The first kappa shape index (κ1) is 15.0. The first-order valence-corrected chi connectivity index (χ1v) is 7.21. The van der Waals surface area contributed by atoms with Crippen LogP contribution < -0.4 is 10.1 Å². The molecule has 0 saturated heterocycles. The molecule has 2 aromatic carbocycles. The summed E-state index contributed by atoms with van der Waals surface area (Å²) in [6, 6.07) is 12.6. The van der Waals surface area contributed by atoms with Crippen LogP contribution in [0.1, 0.15) is 24.1 Å². The van der Waals surface area contributed by atoms with Crippen LogP contribution >= 0.6 is 15.9 Å². The van der Waals surface area contributed by atoms with Crippen molar-refractivity contribution < 1.29 is 9.13 Å². The van der Waals surface area contributed by atoms with E-state index in [4.69, 9.17) is 4.74 Å². The maximum Gasteiger partial charge on any atom is 0.127 e. The van der Waals surface area contributed by atoms with Crippen molar-refractivity contribution in [3.8, 4) is 5.75 Å². The lowest BCUT2D eigenvalue weighted by atomic mass is 10.1. The van der Waals surface area contributed by atoms with Crippen molar-refractivity contribution in [3.05, 3.63) is 63.9 Å². The second-order valence-corrected chi connectivity index (χ2v) is 5.50. The Bertz CT molecular complexity index is 588. The molecule has 1 atom stereocenters. The lowest BCUT2D eigenvalue weighted by Crippen LogP contribution is -2.19. The molecular formula is C16H17BrFNO. The summed E-state index contributed by atoms with van der Waals surface area (Å²) in [4.78, 5) is 0. The Labute approximate surface area is 127 Å². The molecule has 0 spiro atoms. The zero-order valence-electron chi connectivity index (χ0n) is 11.5. The Kier molecular flexibility index (Phi) is 5.15. The Morgan fingerprint density at radius 1 is 1.25 bits per heavy atom. The van der Waals surface area contributed by atoms with E-state index in [1.807, 2.05) is 31.2 Å². The minimum absolute atomic E-state index is 0.0695. The second-order valence-electron chi connectivity index (χ2n) is 4.58. The summed E-state index contributed by atoms with van der Waals surface area (Å²) in [5.41, 5.74) is 1.70. The van der Waals surface area contributed by atoms with Gasteiger partial charge in [-0.3, -0.25) is 0 Å². The fraction of sp³-hybridized carbons (Fsp3) is 0.250. The van der Waals surface area contributed by atoms with Gasteiger partial charge in [0.05, 0.1) is 7.11 Å². The molecule has 0 fully saturated rings. The minimum atomic E-state index is -0.186. The third-order valence-corrected chi connectivity index (χ3v) is 3.71. The minimum Gasteiger partial charge on any atom is -0.496 e. The lowest BCUT2D eigenvalue weighted by molar-refractivity contribution is 0.405. The van der Waals surface area contributed by atoms with E-state index >= 15 is 0 Å². The summed E-state index contributed by atoms with van der Waals surface area (Å²) in [5.74, 6) is 0.634.